The Bertz CT molecular complexity index is 548. The molecule has 20 heavy (non-hydrogen) atoms. The van der Waals surface area contributed by atoms with E-state index in [0.29, 0.717) is 19.2 Å². The van der Waals surface area contributed by atoms with Gasteiger partial charge in [0.1, 0.15) is 5.82 Å². The molecule has 0 aliphatic rings. The highest BCUT2D eigenvalue weighted by molar-refractivity contribution is 5.89. The maximum Gasteiger partial charge on any atom is 0.224 e. The molecule has 0 radical (unpaired) electrons. The molecular weight excluding hydrogens is 256 g/mol. The van der Waals surface area contributed by atoms with E-state index >= 15 is 0 Å². The summed E-state index contributed by atoms with van der Waals surface area (Å²) in [6, 6.07) is 7.90. The first-order chi connectivity index (χ1) is 9.85. The van der Waals surface area contributed by atoms with Gasteiger partial charge in [-0.1, -0.05) is 12.1 Å². The molecule has 1 heterocycles. The van der Waals surface area contributed by atoms with Crippen molar-refractivity contribution in [2.24, 2.45) is 0 Å². The lowest BCUT2D eigenvalue weighted by molar-refractivity contribution is 0.0922. The van der Waals surface area contributed by atoms with E-state index in [1.54, 1.807) is 7.05 Å². The molecule has 2 aromatic rings. The summed E-state index contributed by atoms with van der Waals surface area (Å²) in [7, 11) is 1.80. The number of anilines is 2. The van der Waals surface area contributed by atoms with E-state index in [2.05, 4.69) is 20.6 Å². The van der Waals surface area contributed by atoms with Crippen LogP contribution < -0.4 is 10.6 Å². The number of aliphatic hydroxyl groups excluding tert-OH is 1. The van der Waals surface area contributed by atoms with Gasteiger partial charge in [0.2, 0.25) is 5.95 Å². The standard InChI is InChI=1S/C14H20N4O2/c1-15-14-17-12-6-3-2-5-11(12)13(18-14)16-7-4-9-20-10-8-19/h2-3,5-6,19H,4,7-10H2,1H3,(H2,15,16,17,18). The van der Waals surface area contributed by atoms with Gasteiger partial charge in [0.15, 0.2) is 0 Å². The van der Waals surface area contributed by atoms with Crippen LogP contribution >= 0.6 is 0 Å². The highest BCUT2D eigenvalue weighted by Crippen LogP contribution is 2.21. The Hall–Kier alpha value is -1.92. The number of rotatable bonds is 8. The quantitative estimate of drug-likeness (QED) is 0.634. The second-order valence-corrected chi connectivity index (χ2v) is 4.28. The van der Waals surface area contributed by atoms with E-state index < -0.39 is 0 Å². The van der Waals surface area contributed by atoms with E-state index in [9.17, 15) is 0 Å². The monoisotopic (exact) mass is 276 g/mol. The van der Waals surface area contributed by atoms with Crippen LogP contribution in [0.25, 0.3) is 10.9 Å². The summed E-state index contributed by atoms with van der Waals surface area (Å²) in [5, 5.41) is 15.9. The van der Waals surface area contributed by atoms with Crippen molar-refractivity contribution in [3.63, 3.8) is 0 Å². The first kappa shape index (κ1) is 14.5. The summed E-state index contributed by atoms with van der Waals surface area (Å²) in [5.74, 6) is 1.42. The fourth-order valence-corrected chi connectivity index (χ4v) is 1.87. The van der Waals surface area contributed by atoms with Crippen molar-refractivity contribution in [3.05, 3.63) is 24.3 Å². The maximum atomic E-state index is 8.61. The molecular formula is C14H20N4O2. The van der Waals surface area contributed by atoms with Gasteiger partial charge in [0, 0.05) is 25.6 Å². The van der Waals surface area contributed by atoms with Crippen LogP contribution in [0.2, 0.25) is 0 Å². The number of ether oxygens (including phenoxy) is 1. The molecule has 0 atom stereocenters. The fourth-order valence-electron chi connectivity index (χ4n) is 1.87. The van der Waals surface area contributed by atoms with Gasteiger partial charge >= 0.3 is 0 Å². The van der Waals surface area contributed by atoms with Gasteiger partial charge < -0.3 is 20.5 Å². The molecule has 0 aliphatic carbocycles. The largest absolute Gasteiger partial charge is 0.394 e. The fraction of sp³-hybridized carbons (Fsp3) is 0.429. The number of hydrogen-bond donors (Lipinski definition) is 3. The van der Waals surface area contributed by atoms with Crippen molar-refractivity contribution < 1.29 is 9.84 Å². The van der Waals surface area contributed by atoms with E-state index in [0.717, 1.165) is 29.7 Å². The van der Waals surface area contributed by atoms with Crippen LogP contribution in [-0.2, 0) is 4.74 Å². The minimum atomic E-state index is 0.0650. The highest BCUT2D eigenvalue weighted by Gasteiger charge is 2.05. The molecule has 1 aromatic heterocycles. The summed E-state index contributed by atoms with van der Waals surface area (Å²) < 4.78 is 5.22. The van der Waals surface area contributed by atoms with Crippen molar-refractivity contribution in [2.45, 2.75) is 6.42 Å². The van der Waals surface area contributed by atoms with E-state index in [1.165, 1.54) is 0 Å². The number of para-hydroxylation sites is 1. The minimum absolute atomic E-state index is 0.0650. The van der Waals surface area contributed by atoms with Crippen LogP contribution in [0, 0.1) is 0 Å². The molecule has 3 N–H and O–H groups in total. The van der Waals surface area contributed by atoms with E-state index in [1.807, 2.05) is 24.3 Å². The Labute approximate surface area is 118 Å². The lowest BCUT2D eigenvalue weighted by Gasteiger charge is -2.10. The molecule has 0 amide bonds. The third-order valence-electron chi connectivity index (χ3n) is 2.82. The molecule has 6 nitrogen and oxygen atoms in total. The molecule has 0 fully saturated rings. The molecule has 108 valence electrons. The third-order valence-corrected chi connectivity index (χ3v) is 2.82. The number of aliphatic hydroxyl groups is 1. The Morgan fingerprint density at radius 3 is 2.85 bits per heavy atom. The van der Waals surface area contributed by atoms with Crippen LogP contribution in [0.4, 0.5) is 11.8 Å². The van der Waals surface area contributed by atoms with Gasteiger partial charge in [-0.25, -0.2) is 4.98 Å². The molecule has 6 heteroatoms. The molecule has 0 spiro atoms. The Balaban J connectivity index is 2.01. The van der Waals surface area contributed by atoms with Crippen molar-refractivity contribution in [2.75, 3.05) is 44.0 Å². The van der Waals surface area contributed by atoms with Crippen molar-refractivity contribution >= 4 is 22.7 Å². The van der Waals surface area contributed by atoms with Gasteiger partial charge in [-0.3, -0.25) is 0 Å². The molecule has 0 saturated carbocycles. The predicted octanol–water partition coefficient (Wildman–Crippen LogP) is 1.48. The predicted molar refractivity (Wildman–Crippen MR) is 80.1 cm³/mol. The third kappa shape index (κ3) is 3.79. The van der Waals surface area contributed by atoms with Gasteiger partial charge in [0.25, 0.3) is 0 Å². The molecule has 0 saturated heterocycles. The second-order valence-electron chi connectivity index (χ2n) is 4.28. The molecule has 2 rings (SSSR count). The lowest BCUT2D eigenvalue weighted by atomic mass is 10.2. The average molecular weight is 276 g/mol. The van der Waals surface area contributed by atoms with Gasteiger partial charge in [-0.15, -0.1) is 0 Å². The molecule has 0 bridgehead atoms. The van der Waals surface area contributed by atoms with Crippen LogP contribution in [0.1, 0.15) is 6.42 Å². The van der Waals surface area contributed by atoms with Gasteiger partial charge in [-0.05, 0) is 18.6 Å². The Morgan fingerprint density at radius 1 is 1.20 bits per heavy atom. The molecule has 0 unspecified atom stereocenters. The molecule has 0 aliphatic heterocycles. The number of nitrogens with one attached hydrogen (secondary N) is 2. The summed E-state index contributed by atoms with van der Waals surface area (Å²) in [6.07, 6.45) is 0.854. The van der Waals surface area contributed by atoms with Gasteiger partial charge in [-0.2, -0.15) is 4.98 Å². The number of nitrogens with zero attached hydrogens (tertiary/aromatic N) is 2. The summed E-state index contributed by atoms with van der Waals surface area (Å²) in [4.78, 5) is 8.85. The van der Waals surface area contributed by atoms with Crippen LogP contribution in [-0.4, -0.2) is 48.5 Å². The zero-order chi connectivity index (χ0) is 14.2. The summed E-state index contributed by atoms with van der Waals surface area (Å²) in [5.41, 5.74) is 0.908. The number of fused-ring (bicyclic) bond motifs is 1. The first-order valence-corrected chi connectivity index (χ1v) is 6.72. The van der Waals surface area contributed by atoms with Crippen molar-refractivity contribution in [1.82, 2.24) is 9.97 Å². The molecule has 1 aromatic carbocycles. The van der Waals surface area contributed by atoms with Crippen LogP contribution in [0.5, 0.6) is 0 Å². The first-order valence-electron chi connectivity index (χ1n) is 6.72. The lowest BCUT2D eigenvalue weighted by Crippen LogP contribution is -2.10. The zero-order valence-corrected chi connectivity index (χ0v) is 11.6. The topological polar surface area (TPSA) is 79.3 Å². The highest BCUT2D eigenvalue weighted by atomic mass is 16.5. The smallest absolute Gasteiger partial charge is 0.224 e. The summed E-state index contributed by atoms with van der Waals surface area (Å²) in [6.45, 7) is 1.83. The SMILES string of the molecule is CNc1nc(NCCCOCCO)c2ccccc2n1. The number of aromatic nitrogens is 2. The summed E-state index contributed by atoms with van der Waals surface area (Å²) >= 11 is 0. The van der Waals surface area contributed by atoms with Crippen LogP contribution in [0.3, 0.4) is 0 Å². The Kier molecular flexibility index (Phi) is 5.52. The Morgan fingerprint density at radius 2 is 2.05 bits per heavy atom. The van der Waals surface area contributed by atoms with E-state index in [-0.39, 0.29) is 6.61 Å². The number of benzene rings is 1. The zero-order valence-electron chi connectivity index (χ0n) is 11.6. The van der Waals surface area contributed by atoms with Crippen molar-refractivity contribution in [3.8, 4) is 0 Å². The van der Waals surface area contributed by atoms with Gasteiger partial charge in [0.05, 0.1) is 18.7 Å². The number of hydrogen-bond acceptors (Lipinski definition) is 6. The normalized spacial score (nSPS) is 10.7. The second kappa shape index (κ2) is 7.62. The minimum Gasteiger partial charge on any atom is -0.394 e. The van der Waals surface area contributed by atoms with E-state index in [4.69, 9.17) is 9.84 Å². The average Bonchev–Trinajstić information content (AvgIpc) is 2.50. The maximum absolute atomic E-state index is 8.61. The van der Waals surface area contributed by atoms with Crippen molar-refractivity contribution in [1.29, 1.82) is 0 Å². The van der Waals surface area contributed by atoms with Crippen LogP contribution in [0.15, 0.2) is 24.3 Å².